The van der Waals surface area contributed by atoms with E-state index in [9.17, 15) is 0 Å². The molecule has 10 atom stereocenters. The van der Waals surface area contributed by atoms with Crippen LogP contribution in [0.25, 0.3) is 0 Å². The third-order valence-electron chi connectivity index (χ3n) is 11.1. The van der Waals surface area contributed by atoms with E-state index in [1.54, 1.807) is 19.3 Å². The quantitative estimate of drug-likeness (QED) is 0.362. The Balaban J connectivity index is 1.60. The van der Waals surface area contributed by atoms with Gasteiger partial charge in [0.2, 0.25) is 0 Å². The van der Waals surface area contributed by atoms with Crippen molar-refractivity contribution in [1.29, 1.82) is 0 Å². The number of allylic oxidation sites excluding steroid dienone is 2. The van der Waals surface area contributed by atoms with Crippen molar-refractivity contribution in [1.82, 2.24) is 0 Å². The number of fused-ring (bicyclic) bond motifs is 4. The molecule has 0 heteroatoms. The van der Waals surface area contributed by atoms with Gasteiger partial charge >= 0.3 is 0 Å². The predicted molar refractivity (Wildman–Crippen MR) is 141 cm³/mol. The number of hydrogen-bond acceptors (Lipinski definition) is 0. The minimum atomic E-state index is 0.897. The van der Waals surface area contributed by atoms with E-state index in [1.165, 1.54) is 81.8 Å². The van der Waals surface area contributed by atoms with Gasteiger partial charge in [-0.2, -0.15) is 0 Å². The van der Waals surface area contributed by atoms with E-state index in [0.29, 0.717) is 0 Å². The van der Waals surface area contributed by atoms with Crippen LogP contribution in [0.5, 0.6) is 0 Å². The van der Waals surface area contributed by atoms with Crippen LogP contribution in [0.4, 0.5) is 0 Å². The van der Waals surface area contributed by atoms with E-state index in [1.807, 2.05) is 0 Å². The highest BCUT2D eigenvalue weighted by Crippen LogP contribution is 2.56. The van der Waals surface area contributed by atoms with Gasteiger partial charge in [-0.1, -0.05) is 44.3 Å². The summed E-state index contributed by atoms with van der Waals surface area (Å²) >= 11 is 0. The average Bonchev–Trinajstić information content (AvgIpc) is 3.33. The summed E-state index contributed by atoms with van der Waals surface area (Å²) in [5.74, 6) is 9.78. The Labute approximate surface area is 201 Å². The van der Waals surface area contributed by atoms with Crippen molar-refractivity contribution in [2.24, 2.45) is 59.2 Å². The molecule has 0 nitrogen and oxygen atoms in total. The fourth-order valence-electron chi connectivity index (χ4n) is 9.59. The van der Waals surface area contributed by atoms with E-state index in [-0.39, 0.29) is 0 Å². The molecule has 0 amide bonds. The van der Waals surface area contributed by atoms with Crippen LogP contribution in [-0.2, 0) is 0 Å². The van der Waals surface area contributed by atoms with Gasteiger partial charge in [0.1, 0.15) is 0 Å². The molecule has 0 heterocycles. The van der Waals surface area contributed by atoms with E-state index in [4.69, 9.17) is 0 Å². The fraction of sp³-hybridized carbons (Fsp3) is 0.875. The Bertz CT molecular complexity index is 588. The van der Waals surface area contributed by atoms with E-state index < -0.39 is 0 Å². The summed E-state index contributed by atoms with van der Waals surface area (Å²) in [6.45, 7) is 18.4. The van der Waals surface area contributed by atoms with Crippen molar-refractivity contribution >= 4 is 0 Å². The molecule has 182 valence electrons. The first-order chi connectivity index (χ1) is 15.3. The van der Waals surface area contributed by atoms with Crippen LogP contribution in [0.2, 0.25) is 0 Å². The highest BCUT2D eigenvalue weighted by Gasteiger charge is 2.48. The molecule has 0 spiro atoms. The smallest absolute Gasteiger partial charge is 0.0323 e. The van der Waals surface area contributed by atoms with Gasteiger partial charge in [0.25, 0.3) is 0 Å². The molecule has 4 saturated carbocycles. The molecular formula is C32H54. The van der Waals surface area contributed by atoms with Crippen molar-refractivity contribution in [3.63, 3.8) is 0 Å². The summed E-state index contributed by atoms with van der Waals surface area (Å²) in [4.78, 5) is 0. The maximum atomic E-state index is 4.25. The molecule has 0 aromatic heterocycles. The maximum absolute atomic E-state index is 4.25. The van der Waals surface area contributed by atoms with Crippen molar-refractivity contribution < 1.29 is 0 Å². The Hall–Kier alpha value is -0.520. The second kappa shape index (κ2) is 10.8. The zero-order valence-corrected chi connectivity index (χ0v) is 22.1. The second-order valence-electron chi connectivity index (χ2n) is 13.4. The topological polar surface area (TPSA) is 0 Å². The molecule has 0 aromatic carbocycles. The van der Waals surface area contributed by atoms with Crippen molar-refractivity contribution in [2.75, 3.05) is 0 Å². The lowest BCUT2D eigenvalue weighted by molar-refractivity contribution is 0.0790. The molecule has 32 heavy (non-hydrogen) atoms. The van der Waals surface area contributed by atoms with Gasteiger partial charge in [0.15, 0.2) is 0 Å². The Morgan fingerprint density at radius 1 is 0.625 bits per heavy atom. The first-order valence-corrected chi connectivity index (χ1v) is 14.6. The summed E-state index contributed by atoms with van der Waals surface area (Å²) in [6.07, 6.45) is 20.7. The predicted octanol–water partition coefficient (Wildman–Crippen LogP) is 9.86. The molecule has 4 fully saturated rings. The van der Waals surface area contributed by atoms with Crippen molar-refractivity contribution in [2.45, 2.75) is 118 Å². The molecule has 0 radical (unpaired) electrons. The largest absolute Gasteiger partial charge is 0.100 e. The SMILES string of the molecule is C=C(C)CC[C@H]1CC[C@H]2C[C@H]3CCC[C@H](C3)C[C@H]3CC[C@@H](CCC(=C)C)[C@H]3[C@@H](C)C(C)[C@@H]12. The lowest BCUT2D eigenvalue weighted by atomic mass is 9.64. The van der Waals surface area contributed by atoms with E-state index in [0.717, 1.165) is 59.2 Å². The fourth-order valence-corrected chi connectivity index (χ4v) is 9.59. The summed E-state index contributed by atoms with van der Waals surface area (Å²) in [5, 5.41) is 0. The lowest BCUT2D eigenvalue weighted by Gasteiger charge is -2.41. The first kappa shape index (κ1) is 24.6. The molecule has 0 aromatic rings. The molecule has 1 unspecified atom stereocenters. The standard InChI is InChI=1S/C32H54/c1-21(2)10-12-27-14-16-29-19-25-8-7-9-26(18-25)20-30-17-15-28(13-11-22(3)4)32(30)24(6)23(5)31(27)29/h23-32H,1,3,7-20H2,2,4-6H3/t23-,24?,25+,26-,27+,28-,29+,30-,31+,32-/m0/s1. The van der Waals surface area contributed by atoms with Gasteiger partial charge in [-0.3, -0.25) is 0 Å². The molecule has 4 aliphatic rings. The van der Waals surface area contributed by atoms with E-state index in [2.05, 4.69) is 40.9 Å². The van der Waals surface area contributed by atoms with Gasteiger partial charge in [0.05, 0.1) is 0 Å². The number of rotatable bonds is 6. The van der Waals surface area contributed by atoms with E-state index >= 15 is 0 Å². The minimum absolute atomic E-state index is 0.897. The maximum Gasteiger partial charge on any atom is -0.0323 e. The van der Waals surface area contributed by atoms with Crippen molar-refractivity contribution in [3.8, 4) is 0 Å². The molecule has 4 rings (SSSR count). The zero-order chi connectivity index (χ0) is 22.8. The first-order valence-electron chi connectivity index (χ1n) is 14.6. The van der Waals surface area contributed by atoms with Crippen LogP contribution < -0.4 is 0 Å². The molecule has 0 aliphatic heterocycles. The minimum Gasteiger partial charge on any atom is -0.100 e. The molecule has 0 N–H and O–H groups in total. The third kappa shape index (κ3) is 5.58. The highest BCUT2D eigenvalue weighted by atomic mass is 14.5. The summed E-state index contributed by atoms with van der Waals surface area (Å²) in [6, 6.07) is 0. The van der Waals surface area contributed by atoms with Crippen LogP contribution in [0.3, 0.4) is 0 Å². The summed E-state index contributed by atoms with van der Waals surface area (Å²) in [7, 11) is 0. The molecule has 4 aliphatic carbocycles. The average molecular weight is 439 g/mol. The van der Waals surface area contributed by atoms with Crippen LogP contribution in [0.15, 0.2) is 24.3 Å². The van der Waals surface area contributed by atoms with Crippen LogP contribution in [-0.4, -0.2) is 0 Å². The summed E-state index contributed by atoms with van der Waals surface area (Å²) in [5.41, 5.74) is 2.80. The van der Waals surface area contributed by atoms with Crippen LogP contribution in [0, 0.1) is 59.2 Å². The van der Waals surface area contributed by atoms with Crippen LogP contribution >= 0.6 is 0 Å². The monoisotopic (exact) mass is 438 g/mol. The molecular weight excluding hydrogens is 384 g/mol. The summed E-state index contributed by atoms with van der Waals surface area (Å²) < 4.78 is 0. The normalized spacial score (nSPS) is 44.4. The number of hydrogen-bond donors (Lipinski definition) is 0. The van der Waals surface area contributed by atoms with Gasteiger partial charge in [-0.15, -0.1) is 13.2 Å². The Morgan fingerprint density at radius 2 is 1.06 bits per heavy atom. The highest BCUT2D eigenvalue weighted by molar-refractivity contribution is 4.99. The van der Waals surface area contributed by atoms with Gasteiger partial charge in [-0.05, 0) is 144 Å². The van der Waals surface area contributed by atoms with Crippen molar-refractivity contribution in [3.05, 3.63) is 24.3 Å². The van der Waals surface area contributed by atoms with Gasteiger partial charge < -0.3 is 0 Å². The second-order valence-corrected chi connectivity index (χ2v) is 13.4. The Kier molecular flexibility index (Phi) is 8.32. The Morgan fingerprint density at radius 3 is 1.47 bits per heavy atom. The molecule has 0 saturated heterocycles. The lowest BCUT2D eigenvalue weighted by Crippen LogP contribution is -2.34. The third-order valence-corrected chi connectivity index (χ3v) is 11.1. The van der Waals surface area contributed by atoms with Gasteiger partial charge in [-0.25, -0.2) is 0 Å². The molecule has 2 bridgehead atoms. The van der Waals surface area contributed by atoms with Crippen LogP contribution in [0.1, 0.15) is 118 Å². The zero-order valence-electron chi connectivity index (χ0n) is 22.1. The van der Waals surface area contributed by atoms with Gasteiger partial charge in [0, 0.05) is 0 Å².